The van der Waals surface area contributed by atoms with Gasteiger partial charge in [-0.25, -0.2) is 13.2 Å². The molecule has 0 aliphatic carbocycles. The highest BCUT2D eigenvalue weighted by Gasteiger charge is 2.36. The van der Waals surface area contributed by atoms with Crippen LogP contribution in [0.15, 0.2) is 83.2 Å². The first-order chi connectivity index (χ1) is 19.6. The van der Waals surface area contributed by atoms with Crippen molar-refractivity contribution in [2.75, 3.05) is 20.2 Å². The highest BCUT2D eigenvalue weighted by Crippen LogP contribution is 2.25. The second kappa shape index (κ2) is 13.2. The molecular weight excluding hydrogens is 562 g/mol. The Labute approximate surface area is 246 Å². The molecule has 0 N–H and O–H groups in total. The number of carbonyl (C=O) groups is 2. The fourth-order valence-electron chi connectivity index (χ4n) is 4.57. The van der Waals surface area contributed by atoms with Gasteiger partial charge in [-0.2, -0.15) is 4.31 Å². The summed E-state index contributed by atoms with van der Waals surface area (Å²) in [4.78, 5) is 31.2. The van der Waals surface area contributed by atoms with E-state index < -0.39 is 22.0 Å². The lowest BCUT2D eigenvalue weighted by atomic mass is 10.1. The molecule has 0 saturated carbocycles. The van der Waals surface area contributed by atoms with Gasteiger partial charge in [-0.3, -0.25) is 9.79 Å². The predicted molar refractivity (Wildman–Crippen MR) is 162 cm³/mol. The van der Waals surface area contributed by atoms with Crippen molar-refractivity contribution in [2.45, 2.75) is 32.9 Å². The van der Waals surface area contributed by atoms with Gasteiger partial charge in [-0.1, -0.05) is 35.9 Å². The number of benzene rings is 3. The van der Waals surface area contributed by atoms with Gasteiger partial charge in [-0.15, -0.1) is 0 Å². The van der Waals surface area contributed by atoms with Crippen molar-refractivity contribution < 1.29 is 22.7 Å². The molecule has 4 rings (SSSR count). The van der Waals surface area contributed by atoms with Crippen LogP contribution in [0.25, 0.3) is 6.08 Å². The van der Waals surface area contributed by atoms with E-state index in [1.807, 2.05) is 13.8 Å². The second-order valence-electron chi connectivity index (χ2n) is 9.93. The largest absolute Gasteiger partial charge is 0.465 e. The number of carbonyl (C=O) groups excluding carboxylic acids is 2. The van der Waals surface area contributed by atoms with Crippen molar-refractivity contribution in [3.8, 4) is 0 Å². The topological polar surface area (TPSA) is 96.3 Å². The van der Waals surface area contributed by atoms with E-state index in [-0.39, 0.29) is 19.0 Å². The Kier molecular flexibility index (Phi) is 9.75. The van der Waals surface area contributed by atoms with Crippen LogP contribution in [0.3, 0.4) is 0 Å². The van der Waals surface area contributed by atoms with Crippen LogP contribution in [0.2, 0.25) is 5.02 Å². The summed E-state index contributed by atoms with van der Waals surface area (Å²) in [6.45, 7) is 4.56. The van der Waals surface area contributed by atoms with Crippen molar-refractivity contribution >= 4 is 51.0 Å². The lowest BCUT2D eigenvalue weighted by Gasteiger charge is -2.27. The molecule has 3 aromatic carbocycles. The smallest absolute Gasteiger partial charge is 0.337 e. The molecule has 1 amide bonds. The maximum Gasteiger partial charge on any atom is 0.337 e. The van der Waals surface area contributed by atoms with Crippen LogP contribution in [0, 0.1) is 0 Å². The number of nitrogens with zero attached hydrogens (tertiary/aromatic N) is 3. The quantitative estimate of drug-likeness (QED) is 0.225. The number of amides is 1. The zero-order valence-corrected chi connectivity index (χ0v) is 24.7. The summed E-state index contributed by atoms with van der Waals surface area (Å²) >= 11 is 5.96. The van der Waals surface area contributed by atoms with Gasteiger partial charge in [0.2, 0.25) is 10.0 Å². The number of hydrogen-bond acceptors (Lipinski definition) is 6. The number of esters is 1. The SMILES string of the molecule is COC(=O)c1ccc(CN(C2CCN(C(=O)c3ccc(N=C(C)C)cc3)C2)S(=O)(=O)/C=C/c2ccc(Cl)cc2)cc1. The van der Waals surface area contributed by atoms with E-state index in [4.69, 9.17) is 16.3 Å². The minimum atomic E-state index is -3.90. The number of hydrogen-bond donors (Lipinski definition) is 0. The van der Waals surface area contributed by atoms with E-state index in [1.165, 1.54) is 22.9 Å². The van der Waals surface area contributed by atoms with Gasteiger partial charge in [0.15, 0.2) is 0 Å². The van der Waals surface area contributed by atoms with Gasteiger partial charge >= 0.3 is 5.97 Å². The summed E-state index contributed by atoms with van der Waals surface area (Å²) in [5.74, 6) is -0.630. The first-order valence-corrected chi connectivity index (χ1v) is 15.0. The zero-order chi connectivity index (χ0) is 29.6. The van der Waals surface area contributed by atoms with Crippen molar-refractivity contribution in [3.63, 3.8) is 0 Å². The van der Waals surface area contributed by atoms with Crippen molar-refractivity contribution in [1.29, 1.82) is 0 Å². The molecule has 0 bridgehead atoms. The molecule has 214 valence electrons. The number of ether oxygens (including phenoxy) is 1. The molecule has 1 unspecified atom stereocenters. The lowest BCUT2D eigenvalue weighted by molar-refractivity contribution is 0.0600. The van der Waals surface area contributed by atoms with Crippen LogP contribution in [-0.4, -0.2) is 61.5 Å². The summed E-state index contributed by atoms with van der Waals surface area (Å²) in [6.07, 6.45) is 2.01. The Morgan fingerprint density at radius 1 is 1.00 bits per heavy atom. The second-order valence-corrected chi connectivity index (χ2v) is 12.1. The Hall–Kier alpha value is -3.79. The number of rotatable bonds is 9. The molecule has 1 saturated heterocycles. The monoisotopic (exact) mass is 593 g/mol. The van der Waals surface area contributed by atoms with E-state index in [0.29, 0.717) is 40.2 Å². The Morgan fingerprint density at radius 3 is 2.24 bits per heavy atom. The molecule has 1 fully saturated rings. The van der Waals surface area contributed by atoms with Gasteiger partial charge in [0.05, 0.1) is 18.4 Å². The number of sulfonamides is 1. The van der Waals surface area contributed by atoms with Gasteiger partial charge in [0.1, 0.15) is 0 Å². The van der Waals surface area contributed by atoms with E-state index in [2.05, 4.69) is 4.99 Å². The van der Waals surface area contributed by atoms with E-state index >= 15 is 0 Å². The molecule has 0 radical (unpaired) electrons. The Bertz CT molecular complexity index is 1550. The third-order valence-electron chi connectivity index (χ3n) is 6.67. The van der Waals surface area contributed by atoms with Crippen molar-refractivity contribution in [3.05, 3.63) is 105 Å². The standard InChI is InChI=1S/C31H32ClN3O5S/c1-22(2)33-28-14-10-25(11-15-28)30(36)34-18-16-29(21-34)35(20-24-4-8-26(9-5-24)31(37)40-3)41(38,39)19-17-23-6-12-27(32)13-7-23/h4-15,17,19,29H,16,18,20-21H2,1-3H3/b19-17+. The van der Waals surface area contributed by atoms with E-state index in [0.717, 1.165) is 11.4 Å². The van der Waals surface area contributed by atoms with Crippen LogP contribution in [-0.2, 0) is 21.3 Å². The Morgan fingerprint density at radius 2 is 1.63 bits per heavy atom. The number of halogens is 1. The summed E-state index contributed by atoms with van der Waals surface area (Å²) < 4.78 is 33.5. The third kappa shape index (κ3) is 7.91. The van der Waals surface area contributed by atoms with Gasteiger partial charge < -0.3 is 9.64 Å². The Balaban J connectivity index is 1.57. The number of likely N-dealkylation sites (tertiary alicyclic amines) is 1. The van der Waals surface area contributed by atoms with Crippen molar-refractivity contribution in [2.24, 2.45) is 4.99 Å². The molecular formula is C31H32ClN3O5S. The summed E-state index contributed by atoms with van der Waals surface area (Å²) in [5, 5.41) is 1.74. The first-order valence-electron chi connectivity index (χ1n) is 13.1. The van der Waals surface area contributed by atoms with Crippen LogP contribution >= 0.6 is 11.6 Å². The normalized spacial score (nSPS) is 15.3. The van der Waals surface area contributed by atoms with E-state index in [1.54, 1.807) is 77.7 Å². The van der Waals surface area contributed by atoms with Gasteiger partial charge in [0, 0.05) is 47.4 Å². The highest BCUT2D eigenvalue weighted by molar-refractivity contribution is 7.92. The fraction of sp³-hybridized carbons (Fsp3) is 0.258. The minimum absolute atomic E-state index is 0.0739. The molecule has 0 aromatic heterocycles. The minimum Gasteiger partial charge on any atom is -0.465 e. The molecule has 0 spiro atoms. The average molecular weight is 594 g/mol. The molecule has 1 heterocycles. The van der Waals surface area contributed by atoms with E-state index in [9.17, 15) is 18.0 Å². The third-order valence-corrected chi connectivity index (χ3v) is 8.48. The molecule has 10 heteroatoms. The maximum atomic E-state index is 13.7. The fourth-order valence-corrected chi connectivity index (χ4v) is 6.10. The van der Waals surface area contributed by atoms with Gasteiger partial charge in [0.25, 0.3) is 5.91 Å². The maximum absolute atomic E-state index is 13.7. The highest BCUT2D eigenvalue weighted by atomic mass is 35.5. The molecule has 1 aliphatic rings. The first kappa shape index (κ1) is 30.2. The molecule has 41 heavy (non-hydrogen) atoms. The van der Waals surface area contributed by atoms with Crippen LogP contribution in [0.4, 0.5) is 5.69 Å². The van der Waals surface area contributed by atoms with Gasteiger partial charge in [-0.05, 0) is 86.0 Å². The molecule has 8 nitrogen and oxygen atoms in total. The number of aliphatic imine (C=N–C) groups is 1. The molecule has 1 aliphatic heterocycles. The predicted octanol–water partition coefficient (Wildman–Crippen LogP) is 5.96. The zero-order valence-electron chi connectivity index (χ0n) is 23.2. The average Bonchev–Trinajstić information content (AvgIpc) is 3.45. The summed E-state index contributed by atoms with van der Waals surface area (Å²) in [6, 6.07) is 20.1. The van der Waals surface area contributed by atoms with Crippen LogP contribution < -0.4 is 0 Å². The molecule has 3 aromatic rings. The molecule has 1 atom stereocenters. The van der Waals surface area contributed by atoms with Crippen LogP contribution in [0.5, 0.6) is 0 Å². The summed E-state index contributed by atoms with van der Waals surface area (Å²) in [5.41, 5.74) is 3.97. The lowest BCUT2D eigenvalue weighted by Crippen LogP contribution is -2.41. The summed E-state index contributed by atoms with van der Waals surface area (Å²) in [7, 11) is -2.59. The number of methoxy groups -OCH3 is 1. The van der Waals surface area contributed by atoms with Crippen molar-refractivity contribution in [1.82, 2.24) is 9.21 Å². The van der Waals surface area contributed by atoms with Crippen LogP contribution in [0.1, 0.15) is 52.1 Å².